The molecule has 0 radical (unpaired) electrons. The van der Waals surface area contributed by atoms with Gasteiger partial charge in [0.2, 0.25) is 0 Å². The maximum absolute atomic E-state index is 12.6. The van der Waals surface area contributed by atoms with Crippen LogP contribution in [0, 0.1) is 6.92 Å². The highest BCUT2D eigenvalue weighted by atomic mass is 16.2. The van der Waals surface area contributed by atoms with Crippen molar-refractivity contribution < 1.29 is 9.59 Å². The van der Waals surface area contributed by atoms with Crippen LogP contribution >= 0.6 is 0 Å². The van der Waals surface area contributed by atoms with Crippen molar-refractivity contribution in [1.82, 2.24) is 10.2 Å². The third-order valence-electron chi connectivity index (χ3n) is 4.30. The first-order valence-electron chi connectivity index (χ1n) is 8.16. The molecule has 1 N–H and O–H groups in total. The van der Waals surface area contributed by atoms with E-state index in [1.807, 2.05) is 38.1 Å². The third-order valence-corrected chi connectivity index (χ3v) is 4.30. The average molecular weight is 302 g/mol. The Hall–Kier alpha value is -1.84. The molecule has 1 atom stereocenters. The first-order valence-corrected chi connectivity index (χ1v) is 8.16. The summed E-state index contributed by atoms with van der Waals surface area (Å²) >= 11 is 0. The second-order valence-electron chi connectivity index (χ2n) is 6.45. The van der Waals surface area contributed by atoms with Crippen molar-refractivity contribution in [1.29, 1.82) is 0 Å². The standard InChI is InChI=1S/C18H26N2O2/c1-4-5-6-7-11-18(3)16(21)20(17(22)19-18)13-15-10-8-9-14(2)12-15/h8-10,12H,4-7,11,13H2,1-3H3,(H,19,22). The van der Waals surface area contributed by atoms with Gasteiger partial charge in [0.05, 0.1) is 6.54 Å². The number of carbonyl (C=O) groups excluding carboxylic acids is 2. The molecule has 1 aliphatic rings. The van der Waals surface area contributed by atoms with Gasteiger partial charge in [-0.05, 0) is 25.8 Å². The van der Waals surface area contributed by atoms with E-state index in [4.69, 9.17) is 0 Å². The lowest BCUT2D eigenvalue weighted by Crippen LogP contribution is -2.43. The summed E-state index contributed by atoms with van der Waals surface area (Å²) in [6.07, 6.45) is 5.12. The smallest absolute Gasteiger partial charge is 0.323 e. The summed E-state index contributed by atoms with van der Waals surface area (Å²) in [7, 11) is 0. The first kappa shape index (κ1) is 16.5. The van der Waals surface area contributed by atoms with E-state index in [1.165, 1.54) is 11.3 Å². The lowest BCUT2D eigenvalue weighted by molar-refractivity contribution is -0.131. The molecule has 1 aromatic rings. The molecule has 1 unspecified atom stereocenters. The monoisotopic (exact) mass is 302 g/mol. The first-order chi connectivity index (χ1) is 10.5. The van der Waals surface area contributed by atoms with Crippen LogP contribution < -0.4 is 5.32 Å². The Labute approximate surface area is 132 Å². The molecule has 4 nitrogen and oxygen atoms in total. The zero-order valence-corrected chi connectivity index (χ0v) is 13.8. The summed E-state index contributed by atoms with van der Waals surface area (Å²) in [5, 5.41) is 2.88. The molecule has 120 valence electrons. The Balaban J connectivity index is 2.01. The number of aryl methyl sites for hydroxylation is 1. The molecule has 2 rings (SSSR count). The lowest BCUT2D eigenvalue weighted by atomic mass is 9.94. The molecule has 0 aromatic heterocycles. The molecule has 1 aliphatic heterocycles. The summed E-state index contributed by atoms with van der Waals surface area (Å²) in [5.74, 6) is -0.101. The van der Waals surface area contributed by atoms with Crippen LogP contribution in [0.2, 0.25) is 0 Å². The van der Waals surface area contributed by atoms with Gasteiger partial charge in [0.25, 0.3) is 5.91 Å². The molecule has 1 saturated heterocycles. The molecule has 1 aromatic carbocycles. The fraction of sp³-hybridized carbons (Fsp3) is 0.556. The Morgan fingerprint density at radius 3 is 2.64 bits per heavy atom. The van der Waals surface area contributed by atoms with Crippen LogP contribution in [0.1, 0.15) is 57.1 Å². The van der Waals surface area contributed by atoms with E-state index < -0.39 is 5.54 Å². The molecular formula is C18H26N2O2. The second kappa shape index (κ2) is 6.95. The van der Waals surface area contributed by atoms with Gasteiger partial charge < -0.3 is 5.32 Å². The van der Waals surface area contributed by atoms with Gasteiger partial charge in [-0.3, -0.25) is 9.69 Å². The summed E-state index contributed by atoms with van der Waals surface area (Å²) in [4.78, 5) is 26.1. The Kier molecular flexibility index (Phi) is 5.22. The number of rotatable bonds is 7. The van der Waals surface area contributed by atoms with Gasteiger partial charge in [-0.2, -0.15) is 0 Å². The van der Waals surface area contributed by atoms with Gasteiger partial charge in [-0.1, -0.05) is 62.4 Å². The van der Waals surface area contributed by atoms with E-state index >= 15 is 0 Å². The van der Waals surface area contributed by atoms with Crippen LogP contribution in [0.25, 0.3) is 0 Å². The van der Waals surface area contributed by atoms with Gasteiger partial charge in [0, 0.05) is 0 Å². The van der Waals surface area contributed by atoms with Gasteiger partial charge in [-0.15, -0.1) is 0 Å². The summed E-state index contributed by atoms with van der Waals surface area (Å²) in [6, 6.07) is 7.65. The second-order valence-corrected chi connectivity index (χ2v) is 6.45. The van der Waals surface area contributed by atoms with Crippen molar-refractivity contribution in [3.8, 4) is 0 Å². The molecule has 0 aliphatic carbocycles. The number of nitrogens with one attached hydrogen (secondary N) is 1. The minimum absolute atomic E-state index is 0.101. The van der Waals surface area contributed by atoms with Crippen molar-refractivity contribution >= 4 is 11.9 Å². The number of benzene rings is 1. The van der Waals surface area contributed by atoms with Crippen LogP contribution in [-0.2, 0) is 11.3 Å². The molecule has 22 heavy (non-hydrogen) atoms. The number of amides is 3. The Morgan fingerprint density at radius 2 is 1.95 bits per heavy atom. The topological polar surface area (TPSA) is 49.4 Å². The van der Waals surface area contributed by atoms with E-state index in [1.54, 1.807) is 0 Å². The number of carbonyl (C=O) groups is 2. The van der Waals surface area contributed by atoms with Crippen LogP contribution in [0.5, 0.6) is 0 Å². The molecule has 1 heterocycles. The Morgan fingerprint density at radius 1 is 1.18 bits per heavy atom. The van der Waals surface area contributed by atoms with Gasteiger partial charge >= 0.3 is 6.03 Å². The van der Waals surface area contributed by atoms with Gasteiger partial charge in [-0.25, -0.2) is 4.79 Å². The normalized spacial score (nSPS) is 21.3. The van der Waals surface area contributed by atoms with Crippen LogP contribution in [-0.4, -0.2) is 22.4 Å². The average Bonchev–Trinajstić information content (AvgIpc) is 2.68. The van der Waals surface area contributed by atoms with E-state index in [0.717, 1.165) is 30.4 Å². The predicted molar refractivity (Wildman–Crippen MR) is 87.4 cm³/mol. The SMILES string of the molecule is CCCCCCC1(C)NC(=O)N(Cc2cccc(C)c2)C1=O. The minimum Gasteiger partial charge on any atom is -0.323 e. The number of unbranched alkanes of at least 4 members (excludes halogenated alkanes) is 3. The molecule has 0 spiro atoms. The highest BCUT2D eigenvalue weighted by Crippen LogP contribution is 2.25. The van der Waals surface area contributed by atoms with Crippen molar-refractivity contribution in [2.75, 3.05) is 0 Å². The number of imide groups is 1. The maximum Gasteiger partial charge on any atom is 0.325 e. The number of nitrogens with zero attached hydrogens (tertiary/aromatic N) is 1. The lowest BCUT2D eigenvalue weighted by Gasteiger charge is -2.21. The fourth-order valence-corrected chi connectivity index (χ4v) is 2.96. The van der Waals surface area contributed by atoms with E-state index in [0.29, 0.717) is 13.0 Å². The minimum atomic E-state index is -0.741. The number of hydrogen-bond acceptors (Lipinski definition) is 2. The Bertz CT molecular complexity index is 556. The van der Waals surface area contributed by atoms with Crippen LogP contribution in [0.3, 0.4) is 0 Å². The number of urea groups is 1. The molecule has 1 fully saturated rings. The van der Waals surface area contributed by atoms with Gasteiger partial charge in [0.15, 0.2) is 0 Å². The predicted octanol–water partition coefficient (Wildman–Crippen LogP) is 3.78. The highest BCUT2D eigenvalue weighted by Gasteiger charge is 2.46. The summed E-state index contributed by atoms with van der Waals surface area (Å²) in [6.45, 7) is 6.35. The van der Waals surface area contributed by atoms with Crippen LogP contribution in [0.15, 0.2) is 24.3 Å². The number of hydrogen-bond donors (Lipinski definition) is 1. The molecule has 0 bridgehead atoms. The van der Waals surface area contributed by atoms with E-state index in [2.05, 4.69) is 12.2 Å². The zero-order valence-electron chi connectivity index (χ0n) is 13.8. The zero-order chi connectivity index (χ0) is 16.2. The van der Waals surface area contributed by atoms with Crippen molar-refractivity contribution in [2.24, 2.45) is 0 Å². The van der Waals surface area contributed by atoms with Crippen molar-refractivity contribution in [2.45, 2.75) is 65.0 Å². The summed E-state index contributed by atoms with van der Waals surface area (Å²) in [5.41, 5.74) is 1.37. The largest absolute Gasteiger partial charge is 0.325 e. The quantitative estimate of drug-likeness (QED) is 0.615. The molecule has 4 heteroatoms. The molecule has 3 amide bonds. The van der Waals surface area contributed by atoms with E-state index in [9.17, 15) is 9.59 Å². The van der Waals surface area contributed by atoms with Gasteiger partial charge in [0.1, 0.15) is 5.54 Å². The summed E-state index contributed by atoms with van der Waals surface area (Å²) < 4.78 is 0. The van der Waals surface area contributed by atoms with Crippen molar-refractivity contribution in [3.05, 3.63) is 35.4 Å². The van der Waals surface area contributed by atoms with Crippen molar-refractivity contribution in [3.63, 3.8) is 0 Å². The molecular weight excluding hydrogens is 276 g/mol. The fourth-order valence-electron chi connectivity index (χ4n) is 2.96. The highest BCUT2D eigenvalue weighted by molar-refractivity contribution is 6.06. The maximum atomic E-state index is 12.6. The van der Waals surface area contributed by atoms with Crippen LogP contribution in [0.4, 0.5) is 4.79 Å². The third kappa shape index (κ3) is 3.67. The van der Waals surface area contributed by atoms with E-state index in [-0.39, 0.29) is 11.9 Å². The molecule has 0 saturated carbocycles.